The summed E-state index contributed by atoms with van der Waals surface area (Å²) in [6, 6.07) is 3.76. The Morgan fingerprint density at radius 2 is 1.94 bits per heavy atom. The van der Waals surface area contributed by atoms with Gasteiger partial charge in [-0.3, -0.25) is 14.8 Å². The highest BCUT2D eigenvalue weighted by Crippen LogP contribution is 2.26. The molecular weight excluding hydrogens is 226 g/mol. The maximum absolute atomic E-state index is 11.6. The van der Waals surface area contributed by atoms with Crippen molar-refractivity contribution in [1.82, 2.24) is 9.97 Å². The molecule has 2 rings (SSSR count). The number of primary amides is 1. The number of carbonyl (C=O) groups excluding carboxylic acids is 1. The van der Waals surface area contributed by atoms with Crippen molar-refractivity contribution in [2.75, 3.05) is 0 Å². The van der Waals surface area contributed by atoms with Crippen molar-refractivity contribution in [1.29, 1.82) is 0 Å². The maximum atomic E-state index is 11.6. The molecule has 92 valence electrons. The Bertz CT molecular complexity index is 606. The van der Waals surface area contributed by atoms with Crippen molar-refractivity contribution < 1.29 is 4.79 Å². The molecule has 0 aromatic carbocycles. The third-order valence-corrected chi connectivity index (χ3v) is 3.11. The fraction of sp³-hybridized carbons (Fsp3) is 0.214. The second kappa shape index (κ2) is 4.56. The zero-order valence-corrected chi connectivity index (χ0v) is 10.7. The highest BCUT2D eigenvalue weighted by Gasteiger charge is 2.16. The van der Waals surface area contributed by atoms with E-state index in [0.29, 0.717) is 5.56 Å². The van der Waals surface area contributed by atoms with E-state index in [9.17, 15) is 4.79 Å². The molecule has 4 nitrogen and oxygen atoms in total. The van der Waals surface area contributed by atoms with Gasteiger partial charge in [0, 0.05) is 29.2 Å². The van der Waals surface area contributed by atoms with Gasteiger partial charge in [-0.2, -0.15) is 0 Å². The summed E-state index contributed by atoms with van der Waals surface area (Å²) in [5, 5.41) is 0. The van der Waals surface area contributed by atoms with Crippen LogP contribution in [0.1, 0.15) is 27.2 Å². The smallest absolute Gasteiger partial charge is 0.249 e. The molecule has 0 spiro atoms. The summed E-state index contributed by atoms with van der Waals surface area (Å²) in [5.74, 6) is -0.416. The lowest BCUT2D eigenvalue weighted by molar-refractivity contribution is 0.0999. The quantitative estimate of drug-likeness (QED) is 0.876. The van der Waals surface area contributed by atoms with Crippen molar-refractivity contribution in [3.8, 4) is 11.3 Å². The number of nitrogens with zero attached hydrogens (tertiary/aromatic N) is 2. The van der Waals surface area contributed by atoms with Gasteiger partial charge in [0.1, 0.15) is 0 Å². The minimum atomic E-state index is -0.416. The number of rotatable bonds is 2. The number of aryl methyl sites for hydroxylation is 1. The van der Waals surface area contributed by atoms with E-state index in [0.717, 1.165) is 28.1 Å². The number of amides is 1. The molecule has 1 amide bonds. The first-order chi connectivity index (χ1) is 8.52. The van der Waals surface area contributed by atoms with Gasteiger partial charge >= 0.3 is 0 Å². The number of pyridine rings is 2. The minimum absolute atomic E-state index is 0.416. The van der Waals surface area contributed by atoms with Gasteiger partial charge < -0.3 is 5.73 Å². The number of nitrogens with two attached hydrogens (primary N) is 1. The summed E-state index contributed by atoms with van der Waals surface area (Å²) in [6.45, 7) is 5.60. The summed E-state index contributed by atoms with van der Waals surface area (Å²) in [5.41, 5.74) is 10.1. The molecule has 0 saturated heterocycles. The van der Waals surface area contributed by atoms with Crippen LogP contribution < -0.4 is 5.73 Å². The van der Waals surface area contributed by atoms with Gasteiger partial charge in [0.15, 0.2) is 0 Å². The van der Waals surface area contributed by atoms with Crippen LogP contribution in [0, 0.1) is 20.8 Å². The average Bonchev–Trinajstić information content (AvgIpc) is 2.34. The molecule has 0 fully saturated rings. The molecule has 2 aromatic heterocycles. The van der Waals surface area contributed by atoms with E-state index < -0.39 is 5.91 Å². The predicted molar refractivity (Wildman–Crippen MR) is 70.2 cm³/mol. The second-order valence-electron chi connectivity index (χ2n) is 4.28. The average molecular weight is 241 g/mol. The zero-order chi connectivity index (χ0) is 13.3. The molecule has 0 unspecified atom stereocenters. The number of carbonyl (C=O) groups is 1. The Hall–Kier alpha value is -2.23. The molecule has 0 aliphatic carbocycles. The molecule has 0 radical (unpaired) electrons. The van der Waals surface area contributed by atoms with Gasteiger partial charge in [-0.05, 0) is 44.0 Å². The SMILES string of the molecule is Cc1nc(-c2cccnc2)c(C)c(C(N)=O)c1C. The molecular formula is C14H15N3O. The van der Waals surface area contributed by atoms with E-state index in [1.807, 2.05) is 32.9 Å². The molecule has 2 aromatic rings. The molecule has 2 heterocycles. The zero-order valence-electron chi connectivity index (χ0n) is 10.7. The topological polar surface area (TPSA) is 68.9 Å². The highest BCUT2D eigenvalue weighted by molar-refractivity contribution is 5.97. The van der Waals surface area contributed by atoms with E-state index in [4.69, 9.17) is 5.73 Å². The predicted octanol–water partition coefficient (Wildman–Crippen LogP) is 2.17. The summed E-state index contributed by atoms with van der Waals surface area (Å²) in [4.78, 5) is 20.2. The standard InChI is InChI=1S/C14H15N3O/c1-8-10(3)17-13(9(2)12(8)14(15)18)11-5-4-6-16-7-11/h4-7H,1-3H3,(H2,15,18). The molecule has 18 heavy (non-hydrogen) atoms. The fourth-order valence-corrected chi connectivity index (χ4v) is 2.07. The lowest BCUT2D eigenvalue weighted by Gasteiger charge is -2.13. The van der Waals surface area contributed by atoms with Crippen LogP contribution in [0.3, 0.4) is 0 Å². The number of hydrogen-bond acceptors (Lipinski definition) is 3. The van der Waals surface area contributed by atoms with Gasteiger partial charge in [0.05, 0.1) is 5.69 Å². The van der Waals surface area contributed by atoms with Gasteiger partial charge in [0.25, 0.3) is 0 Å². The Morgan fingerprint density at radius 1 is 1.22 bits per heavy atom. The van der Waals surface area contributed by atoms with Crippen LogP contribution in [0.25, 0.3) is 11.3 Å². The van der Waals surface area contributed by atoms with Crippen LogP contribution in [0.15, 0.2) is 24.5 Å². The lowest BCUT2D eigenvalue weighted by Crippen LogP contribution is -2.17. The fourth-order valence-electron chi connectivity index (χ4n) is 2.07. The third-order valence-electron chi connectivity index (χ3n) is 3.11. The van der Waals surface area contributed by atoms with Gasteiger partial charge in [-0.25, -0.2) is 0 Å². The largest absolute Gasteiger partial charge is 0.366 e. The summed E-state index contributed by atoms with van der Waals surface area (Å²) < 4.78 is 0. The van der Waals surface area contributed by atoms with Crippen LogP contribution in [-0.2, 0) is 0 Å². The minimum Gasteiger partial charge on any atom is -0.366 e. The molecule has 0 saturated carbocycles. The molecule has 4 heteroatoms. The second-order valence-corrected chi connectivity index (χ2v) is 4.28. The first-order valence-electron chi connectivity index (χ1n) is 5.70. The Kier molecular flexibility index (Phi) is 3.10. The van der Waals surface area contributed by atoms with Crippen molar-refractivity contribution in [2.24, 2.45) is 5.73 Å². The van der Waals surface area contributed by atoms with Crippen LogP contribution in [0.2, 0.25) is 0 Å². The summed E-state index contributed by atoms with van der Waals surface area (Å²) >= 11 is 0. The van der Waals surface area contributed by atoms with Gasteiger partial charge in [0.2, 0.25) is 5.91 Å². The van der Waals surface area contributed by atoms with Gasteiger partial charge in [-0.1, -0.05) is 0 Å². The Balaban J connectivity index is 2.75. The molecule has 0 bridgehead atoms. The summed E-state index contributed by atoms with van der Waals surface area (Å²) in [6.07, 6.45) is 3.43. The van der Waals surface area contributed by atoms with Crippen LogP contribution in [-0.4, -0.2) is 15.9 Å². The first kappa shape index (κ1) is 12.2. The normalized spacial score (nSPS) is 10.4. The Morgan fingerprint density at radius 3 is 2.50 bits per heavy atom. The number of hydrogen-bond donors (Lipinski definition) is 1. The van der Waals surface area contributed by atoms with E-state index in [2.05, 4.69) is 9.97 Å². The van der Waals surface area contributed by atoms with E-state index in [1.165, 1.54) is 0 Å². The lowest BCUT2D eigenvalue weighted by atomic mass is 9.97. The highest BCUT2D eigenvalue weighted by atomic mass is 16.1. The van der Waals surface area contributed by atoms with Crippen molar-refractivity contribution in [3.05, 3.63) is 46.9 Å². The number of aromatic nitrogens is 2. The van der Waals surface area contributed by atoms with Crippen LogP contribution >= 0.6 is 0 Å². The molecule has 0 atom stereocenters. The molecule has 0 aliphatic rings. The van der Waals surface area contributed by atoms with Crippen molar-refractivity contribution in [2.45, 2.75) is 20.8 Å². The van der Waals surface area contributed by atoms with E-state index >= 15 is 0 Å². The molecule has 0 aliphatic heterocycles. The van der Waals surface area contributed by atoms with E-state index in [-0.39, 0.29) is 0 Å². The Labute approximate surface area is 106 Å². The van der Waals surface area contributed by atoms with Crippen LogP contribution in [0.5, 0.6) is 0 Å². The summed E-state index contributed by atoms with van der Waals surface area (Å²) in [7, 11) is 0. The van der Waals surface area contributed by atoms with Crippen LogP contribution in [0.4, 0.5) is 0 Å². The first-order valence-corrected chi connectivity index (χ1v) is 5.70. The van der Waals surface area contributed by atoms with Crippen molar-refractivity contribution in [3.63, 3.8) is 0 Å². The maximum Gasteiger partial charge on any atom is 0.249 e. The van der Waals surface area contributed by atoms with Crippen molar-refractivity contribution >= 4 is 5.91 Å². The third kappa shape index (κ3) is 1.97. The monoisotopic (exact) mass is 241 g/mol. The van der Waals surface area contributed by atoms with E-state index in [1.54, 1.807) is 12.4 Å². The molecule has 2 N–H and O–H groups in total. The van der Waals surface area contributed by atoms with Gasteiger partial charge in [-0.15, -0.1) is 0 Å².